The molecule has 0 radical (unpaired) electrons. The smallest absolute Gasteiger partial charge is 0.306 e. The standard InChI is InChI=1S/C54H104O6/c1-6-7-8-9-10-11-12-19-24-29-34-39-44-52(55)58-47-51(60-54(57)46-41-36-31-26-21-23-28-33-38-43-50(4)5)48-59-53(56)45-40-35-30-25-20-17-15-13-14-16-18-22-27-32-37-42-49(2)3/h49-51H,6-48H2,1-5H3/t51-/m0/s1. The van der Waals surface area contributed by atoms with Gasteiger partial charge in [0.15, 0.2) is 6.10 Å². The van der Waals surface area contributed by atoms with Crippen molar-refractivity contribution in [2.75, 3.05) is 13.2 Å². The van der Waals surface area contributed by atoms with Crippen LogP contribution in [0.1, 0.15) is 298 Å². The van der Waals surface area contributed by atoms with Crippen molar-refractivity contribution in [3.8, 4) is 0 Å². The molecule has 1 atom stereocenters. The van der Waals surface area contributed by atoms with E-state index in [4.69, 9.17) is 14.2 Å². The minimum atomic E-state index is -0.761. The Kier molecular flexibility index (Phi) is 45.7. The summed E-state index contributed by atoms with van der Waals surface area (Å²) < 4.78 is 16.8. The van der Waals surface area contributed by atoms with Gasteiger partial charge in [0, 0.05) is 19.3 Å². The van der Waals surface area contributed by atoms with Crippen LogP contribution in [0.25, 0.3) is 0 Å². The number of carbonyl (C=O) groups excluding carboxylic acids is 3. The molecule has 0 bridgehead atoms. The fourth-order valence-electron chi connectivity index (χ4n) is 8.17. The van der Waals surface area contributed by atoms with Crippen molar-refractivity contribution >= 4 is 17.9 Å². The fourth-order valence-corrected chi connectivity index (χ4v) is 8.17. The van der Waals surface area contributed by atoms with Gasteiger partial charge in [-0.3, -0.25) is 14.4 Å². The fraction of sp³-hybridized carbons (Fsp3) is 0.944. The second-order valence-electron chi connectivity index (χ2n) is 19.5. The van der Waals surface area contributed by atoms with Crippen molar-refractivity contribution in [2.45, 2.75) is 304 Å². The lowest BCUT2D eigenvalue weighted by Gasteiger charge is -2.18. The Hall–Kier alpha value is -1.59. The van der Waals surface area contributed by atoms with E-state index in [1.165, 1.54) is 186 Å². The van der Waals surface area contributed by atoms with Crippen molar-refractivity contribution in [1.82, 2.24) is 0 Å². The lowest BCUT2D eigenvalue weighted by molar-refractivity contribution is -0.167. The highest BCUT2D eigenvalue weighted by molar-refractivity contribution is 5.71. The van der Waals surface area contributed by atoms with Crippen LogP contribution in [0.4, 0.5) is 0 Å². The van der Waals surface area contributed by atoms with Crippen LogP contribution in [0.15, 0.2) is 0 Å². The SMILES string of the molecule is CCCCCCCCCCCCCCC(=O)OC[C@@H](COC(=O)CCCCCCCCCCCCCCCCCC(C)C)OC(=O)CCCCCCCCCCCC(C)C. The van der Waals surface area contributed by atoms with E-state index in [9.17, 15) is 14.4 Å². The third-order valence-electron chi connectivity index (χ3n) is 12.2. The van der Waals surface area contributed by atoms with Gasteiger partial charge < -0.3 is 14.2 Å². The zero-order chi connectivity index (χ0) is 44.0. The van der Waals surface area contributed by atoms with E-state index in [1.54, 1.807) is 0 Å². The van der Waals surface area contributed by atoms with Crippen LogP contribution in [-0.2, 0) is 28.6 Å². The largest absolute Gasteiger partial charge is 0.462 e. The normalized spacial score (nSPS) is 12.1. The van der Waals surface area contributed by atoms with E-state index < -0.39 is 6.10 Å². The second kappa shape index (κ2) is 46.9. The van der Waals surface area contributed by atoms with Crippen LogP contribution in [0.2, 0.25) is 0 Å². The molecule has 356 valence electrons. The van der Waals surface area contributed by atoms with E-state index in [2.05, 4.69) is 34.6 Å². The van der Waals surface area contributed by atoms with Crippen molar-refractivity contribution in [1.29, 1.82) is 0 Å². The zero-order valence-electron chi connectivity index (χ0n) is 41.1. The third kappa shape index (κ3) is 47.5. The molecule has 0 amide bonds. The first-order valence-corrected chi connectivity index (χ1v) is 26.7. The summed E-state index contributed by atoms with van der Waals surface area (Å²) in [5, 5.41) is 0. The Labute approximate surface area is 374 Å². The summed E-state index contributed by atoms with van der Waals surface area (Å²) in [4.78, 5) is 38.0. The van der Waals surface area contributed by atoms with Gasteiger partial charge >= 0.3 is 17.9 Å². The maximum atomic E-state index is 12.8. The zero-order valence-corrected chi connectivity index (χ0v) is 41.1. The number of esters is 3. The van der Waals surface area contributed by atoms with Gasteiger partial charge in [0.25, 0.3) is 0 Å². The van der Waals surface area contributed by atoms with Crippen LogP contribution < -0.4 is 0 Å². The first-order chi connectivity index (χ1) is 29.2. The lowest BCUT2D eigenvalue weighted by Crippen LogP contribution is -2.30. The first kappa shape index (κ1) is 58.4. The second-order valence-corrected chi connectivity index (χ2v) is 19.5. The van der Waals surface area contributed by atoms with Crippen LogP contribution in [-0.4, -0.2) is 37.2 Å². The molecule has 0 aliphatic carbocycles. The molecule has 0 aromatic carbocycles. The average molecular weight is 849 g/mol. The molecular weight excluding hydrogens is 745 g/mol. The minimum absolute atomic E-state index is 0.0636. The van der Waals surface area contributed by atoms with Gasteiger partial charge in [-0.2, -0.15) is 0 Å². The highest BCUT2D eigenvalue weighted by Gasteiger charge is 2.19. The van der Waals surface area contributed by atoms with Gasteiger partial charge in [-0.1, -0.05) is 259 Å². The van der Waals surface area contributed by atoms with Crippen molar-refractivity contribution in [2.24, 2.45) is 11.8 Å². The number of unbranched alkanes of at least 4 members (excludes halogenated alkanes) is 33. The Morgan fingerprint density at radius 3 is 0.817 bits per heavy atom. The van der Waals surface area contributed by atoms with Gasteiger partial charge in [0.1, 0.15) is 13.2 Å². The Morgan fingerprint density at radius 2 is 0.550 bits per heavy atom. The van der Waals surface area contributed by atoms with E-state index in [0.29, 0.717) is 19.3 Å². The number of ether oxygens (including phenoxy) is 3. The predicted molar refractivity (Wildman–Crippen MR) is 256 cm³/mol. The molecule has 0 unspecified atom stereocenters. The summed E-state index contributed by atoms with van der Waals surface area (Å²) in [5.41, 5.74) is 0. The molecule has 0 fully saturated rings. The van der Waals surface area contributed by atoms with Crippen LogP contribution >= 0.6 is 0 Å². The van der Waals surface area contributed by atoms with Gasteiger partial charge in [-0.25, -0.2) is 0 Å². The molecule has 0 aliphatic heterocycles. The van der Waals surface area contributed by atoms with E-state index in [-0.39, 0.29) is 31.1 Å². The number of hydrogen-bond acceptors (Lipinski definition) is 6. The molecule has 60 heavy (non-hydrogen) atoms. The highest BCUT2D eigenvalue weighted by Crippen LogP contribution is 2.18. The molecule has 0 rings (SSSR count). The van der Waals surface area contributed by atoms with E-state index >= 15 is 0 Å². The van der Waals surface area contributed by atoms with Gasteiger partial charge in [-0.15, -0.1) is 0 Å². The maximum absolute atomic E-state index is 12.8. The molecule has 0 aromatic rings. The first-order valence-electron chi connectivity index (χ1n) is 26.7. The highest BCUT2D eigenvalue weighted by atomic mass is 16.6. The van der Waals surface area contributed by atoms with Crippen LogP contribution in [0, 0.1) is 11.8 Å². The van der Waals surface area contributed by atoms with Crippen molar-refractivity contribution in [3.05, 3.63) is 0 Å². The molecule has 0 saturated heterocycles. The molecule has 0 spiro atoms. The quantitative estimate of drug-likeness (QED) is 0.0345. The monoisotopic (exact) mass is 849 g/mol. The topological polar surface area (TPSA) is 78.9 Å². The summed E-state index contributed by atoms with van der Waals surface area (Å²) in [6.45, 7) is 11.4. The summed E-state index contributed by atoms with van der Waals surface area (Å²) in [5.74, 6) is 0.808. The Balaban J connectivity index is 4.27. The van der Waals surface area contributed by atoms with Gasteiger partial charge in [0.2, 0.25) is 0 Å². The average Bonchev–Trinajstić information content (AvgIpc) is 3.22. The van der Waals surface area contributed by atoms with E-state index in [0.717, 1.165) is 69.6 Å². The molecule has 6 nitrogen and oxygen atoms in total. The summed E-state index contributed by atoms with van der Waals surface area (Å²) >= 11 is 0. The predicted octanol–water partition coefficient (Wildman–Crippen LogP) is 17.3. The third-order valence-corrected chi connectivity index (χ3v) is 12.2. The van der Waals surface area contributed by atoms with E-state index in [1.807, 2.05) is 0 Å². The molecule has 0 aromatic heterocycles. The lowest BCUT2D eigenvalue weighted by atomic mass is 10.0. The number of hydrogen-bond donors (Lipinski definition) is 0. The van der Waals surface area contributed by atoms with Crippen LogP contribution in [0.5, 0.6) is 0 Å². The number of rotatable bonds is 48. The van der Waals surface area contributed by atoms with Gasteiger partial charge in [-0.05, 0) is 31.1 Å². The number of carbonyl (C=O) groups is 3. The molecule has 0 heterocycles. The molecule has 0 saturated carbocycles. The summed E-state index contributed by atoms with van der Waals surface area (Å²) in [6, 6.07) is 0. The van der Waals surface area contributed by atoms with Crippen molar-refractivity contribution < 1.29 is 28.6 Å². The molecule has 0 N–H and O–H groups in total. The summed E-state index contributed by atoms with van der Waals surface area (Å²) in [6.07, 6.45) is 48.0. The summed E-state index contributed by atoms with van der Waals surface area (Å²) in [7, 11) is 0. The molecular formula is C54H104O6. The maximum Gasteiger partial charge on any atom is 0.306 e. The molecule has 0 aliphatic rings. The Bertz CT molecular complexity index is 916. The molecule has 6 heteroatoms. The van der Waals surface area contributed by atoms with Crippen LogP contribution in [0.3, 0.4) is 0 Å². The minimum Gasteiger partial charge on any atom is -0.462 e. The van der Waals surface area contributed by atoms with Crippen molar-refractivity contribution in [3.63, 3.8) is 0 Å². The van der Waals surface area contributed by atoms with Gasteiger partial charge in [0.05, 0.1) is 0 Å². The Morgan fingerprint density at radius 1 is 0.317 bits per heavy atom.